The second kappa shape index (κ2) is 9.44. The van der Waals surface area contributed by atoms with E-state index in [4.69, 9.17) is 11.5 Å². The highest BCUT2D eigenvalue weighted by Gasteiger charge is 2.25. The normalized spacial score (nSPS) is 24.6. The first-order valence-corrected chi connectivity index (χ1v) is 11.7. The van der Waals surface area contributed by atoms with E-state index < -0.39 is 6.04 Å². The molecular weight excluding hydrogens is 358 g/mol. The fourth-order valence-electron chi connectivity index (χ4n) is 5.46. The lowest BCUT2D eigenvalue weighted by Gasteiger charge is -2.26. The van der Waals surface area contributed by atoms with Crippen LogP contribution in [0, 0.1) is 11.8 Å². The molecule has 29 heavy (non-hydrogen) atoms. The molecule has 1 atom stereocenters. The lowest BCUT2D eigenvalue weighted by Crippen LogP contribution is -2.35. The molecule has 1 heterocycles. The molecule has 0 saturated heterocycles. The zero-order valence-electron chi connectivity index (χ0n) is 17.7. The minimum atomic E-state index is -0.403. The Hall–Kier alpha value is -1.65. The minimum absolute atomic E-state index is 0.217. The Labute approximate surface area is 175 Å². The summed E-state index contributed by atoms with van der Waals surface area (Å²) in [6.45, 7) is 1.09. The van der Waals surface area contributed by atoms with Crippen LogP contribution in [0.2, 0.25) is 0 Å². The highest BCUT2D eigenvalue weighted by molar-refractivity contribution is 5.87. The summed E-state index contributed by atoms with van der Waals surface area (Å²) in [5.41, 5.74) is 14.9. The van der Waals surface area contributed by atoms with E-state index in [1.807, 2.05) is 0 Å². The van der Waals surface area contributed by atoms with Crippen molar-refractivity contribution in [1.82, 2.24) is 4.57 Å². The maximum absolute atomic E-state index is 12.8. The van der Waals surface area contributed by atoms with Gasteiger partial charge in [0.1, 0.15) is 5.78 Å². The largest absolute Gasteiger partial charge is 0.347 e. The molecule has 0 unspecified atom stereocenters. The summed E-state index contributed by atoms with van der Waals surface area (Å²) in [5, 5.41) is 1.26. The Morgan fingerprint density at radius 1 is 1.00 bits per heavy atom. The fraction of sp³-hybridized carbons (Fsp3) is 0.640. The van der Waals surface area contributed by atoms with E-state index in [9.17, 15) is 4.79 Å². The number of Topliss-reactive ketones (excluding diaryl/α,β-unsaturated/α-hetero) is 1. The van der Waals surface area contributed by atoms with Gasteiger partial charge >= 0.3 is 0 Å². The number of benzene rings is 1. The van der Waals surface area contributed by atoms with Gasteiger partial charge in [-0.2, -0.15) is 0 Å². The van der Waals surface area contributed by atoms with Gasteiger partial charge in [0.05, 0.1) is 6.04 Å². The average molecular weight is 396 g/mol. The van der Waals surface area contributed by atoms with Crippen molar-refractivity contribution in [3.63, 3.8) is 0 Å². The quantitative estimate of drug-likeness (QED) is 0.721. The number of rotatable bonds is 7. The van der Waals surface area contributed by atoms with Crippen LogP contribution < -0.4 is 11.5 Å². The van der Waals surface area contributed by atoms with Gasteiger partial charge in [-0.15, -0.1) is 0 Å². The molecule has 4 heteroatoms. The van der Waals surface area contributed by atoms with Crippen LogP contribution in [-0.4, -0.2) is 22.4 Å². The molecule has 2 aliphatic carbocycles. The Kier molecular flexibility index (Phi) is 6.71. The number of ketones is 1. The molecule has 2 aliphatic rings. The van der Waals surface area contributed by atoms with Gasteiger partial charge in [-0.1, -0.05) is 37.5 Å². The van der Waals surface area contributed by atoms with E-state index in [2.05, 4.69) is 35.0 Å². The van der Waals surface area contributed by atoms with E-state index >= 15 is 0 Å². The standard InChI is InChI=1S/C25H37N3O/c26-21-12-10-18(11-13-21)14-25(29)23(27)15-20-17-28(16-19-6-2-1-3-7-19)24-9-5-4-8-22(20)24/h4-5,8-9,17-19,21,23H,1-3,6-7,10-16,26-27H2/t18?,21?,23-/m0/s1. The molecule has 0 bridgehead atoms. The number of nitrogens with zero attached hydrogens (tertiary/aromatic N) is 1. The fourth-order valence-corrected chi connectivity index (χ4v) is 5.46. The van der Waals surface area contributed by atoms with Gasteiger partial charge in [-0.25, -0.2) is 0 Å². The second-order valence-electron chi connectivity index (χ2n) is 9.59. The molecule has 0 spiro atoms. The number of fused-ring (bicyclic) bond motifs is 1. The van der Waals surface area contributed by atoms with Gasteiger partial charge in [0.25, 0.3) is 0 Å². The van der Waals surface area contributed by atoms with Gasteiger partial charge < -0.3 is 16.0 Å². The number of aromatic nitrogens is 1. The van der Waals surface area contributed by atoms with E-state index in [1.54, 1.807) is 0 Å². The zero-order chi connectivity index (χ0) is 20.2. The van der Waals surface area contributed by atoms with Crippen LogP contribution in [0.3, 0.4) is 0 Å². The molecule has 4 N–H and O–H groups in total. The van der Waals surface area contributed by atoms with Crippen molar-refractivity contribution in [2.75, 3.05) is 0 Å². The molecule has 4 rings (SSSR count). The summed E-state index contributed by atoms with van der Waals surface area (Å²) < 4.78 is 2.42. The maximum atomic E-state index is 12.8. The number of carbonyl (C=O) groups excluding carboxylic acids is 1. The van der Waals surface area contributed by atoms with Crippen LogP contribution in [0.1, 0.15) is 69.8 Å². The smallest absolute Gasteiger partial charge is 0.150 e. The van der Waals surface area contributed by atoms with Gasteiger partial charge in [-0.05, 0) is 68.4 Å². The van der Waals surface area contributed by atoms with Crippen LogP contribution in [0.4, 0.5) is 0 Å². The molecule has 1 aromatic heterocycles. The molecule has 158 valence electrons. The third kappa shape index (κ3) is 5.10. The van der Waals surface area contributed by atoms with E-state index in [1.165, 1.54) is 48.6 Å². The SMILES string of the molecule is NC1CCC(CC(=O)[C@@H](N)Cc2cn(CC3CCCCC3)c3ccccc23)CC1. The van der Waals surface area contributed by atoms with Crippen molar-refractivity contribution in [3.05, 3.63) is 36.0 Å². The molecule has 0 radical (unpaired) electrons. The first-order chi connectivity index (χ1) is 14.1. The van der Waals surface area contributed by atoms with Crippen molar-refractivity contribution in [3.8, 4) is 0 Å². The Bertz CT molecular complexity index is 813. The van der Waals surface area contributed by atoms with Crippen LogP contribution in [-0.2, 0) is 17.8 Å². The minimum Gasteiger partial charge on any atom is -0.347 e. The molecular formula is C25H37N3O. The summed E-state index contributed by atoms with van der Waals surface area (Å²) in [6, 6.07) is 8.52. The predicted molar refractivity (Wildman–Crippen MR) is 120 cm³/mol. The number of hydrogen-bond acceptors (Lipinski definition) is 3. The summed E-state index contributed by atoms with van der Waals surface area (Å²) in [5.74, 6) is 1.47. The van der Waals surface area contributed by atoms with Gasteiger partial charge in [0.15, 0.2) is 0 Å². The van der Waals surface area contributed by atoms with Crippen molar-refractivity contribution in [2.24, 2.45) is 23.3 Å². The molecule has 2 fully saturated rings. The van der Waals surface area contributed by atoms with Crippen LogP contribution in [0.5, 0.6) is 0 Å². The number of para-hydroxylation sites is 1. The first-order valence-electron chi connectivity index (χ1n) is 11.7. The monoisotopic (exact) mass is 395 g/mol. The molecule has 1 aromatic carbocycles. The van der Waals surface area contributed by atoms with Crippen LogP contribution in [0.25, 0.3) is 10.9 Å². The second-order valence-corrected chi connectivity index (χ2v) is 9.59. The summed E-state index contributed by atoms with van der Waals surface area (Å²) in [6.07, 6.45) is 14.5. The molecule has 2 aromatic rings. The lowest BCUT2D eigenvalue weighted by atomic mass is 9.82. The summed E-state index contributed by atoms with van der Waals surface area (Å²) >= 11 is 0. The third-order valence-electron chi connectivity index (χ3n) is 7.29. The van der Waals surface area contributed by atoms with Crippen LogP contribution in [0.15, 0.2) is 30.5 Å². The molecule has 0 amide bonds. The molecule has 0 aliphatic heterocycles. The summed E-state index contributed by atoms with van der Waals surface area (Å²) in [4.78, 5) is 12.8. The van der Waals surface area contributed by atoms with E-state index in [0.717, 1.165) is 38.1 Å². The van der Waals surface area contributed by atoms with E-state index in [-0.39, 0.29) is 5.78 Å². The molecule has 2 saturated carbocycles. The summed E-state index contributed by atoms with van der Waals surface area (Å²) in [7, 11) is 0. The van der Waals surface area contributed by atoms with E-state index in [0.29, 0.717) is 24.8 Å². The zero-order valence-corrected chi connectivity index (χ0v) is 17.7. The Morgan fingerprint density at radius 2 is 1.72 bits per heavy atom. The lowest BCUT2D eigenvalue weighted by molar-refractivity contribution is -0.121. The van der Waals surface area contributed by atoms with Crippen molar-refractivity contribution in [2.45, 2.75) is 89.3 Å². The Balaban J connectivity index is 1.43. The van der Waals surface area contributed by atoms with Crippen LogP contribution >= 0.6 is 0 Å². The number of carbonyl (C=O) groups is 1. The highest BCUT2D eigenvalue weighted by Crippen LogP contribution is 2.30. The predicted octanol–water partition coefficient (Wildman–Crippen LogP) is 4.57. The first kappa shape index (κ1) is 20.6. The van der Waals surface area contributed by atoms with Crippen molar-refractivity contribution in [1.29, 1.82) is 0 Å². The maximum Gasteiger partial charge on any atom is 0.150 e. The third-order valence-corrected chi connectivity index (χ3v) is 7.29. The van der Waals surface area contributed by atoms with Gasteiger partial charge in [0.2, 0.25) is 0 Å². The van der Waals surface area contributed by atoms with Gasteiger partial charge in [0, 0.05) is 36.1 Å². The Morgan fingerprint density at radius 3 is 2.48 bits per heavy atom. The van der Waals surface area contributed by atoms with Crippen molar-refractivity contribution < 1.29 is 4.79 Å². The topological polar surface area (TPSA) is 74.0 Å². The number of nitrogens with two attached hydrogens (primary N) is 2. The average Bonchev–Trinajstić information content (AvgIpc) is 3.08. The number of hydrogen-bond donors (Lipinski definition) is 2. The van der Waals surface area contributed by atoms with Gasteiger partial charge in [-0.3, -0.25) is 4.79 Å². The highest BCUT2D eigenvalue weighted by atomic mass is 16.1. The van der Waals surface area contributed by atoms with Crippen molar-refractivity contribution >= 4 is 16.7 Å². The molecule has 4 nitrogen and oxygen atoms in total.